The normalized spacial score (nSPS) is 21.6. The molecule has 2 aliphatic rings. The van der Waals surface area contributed by atoms with Crippen molar-refractivity contribution in [2.75, 3.05) is 26.2 Å². The number of halogens is 2. The Morgan fingerprint density at radius 1 is 0.971 bits per heavy atom. The first-order valence-electron chi connectivity index (χ1n) is 12.3. The van der Waals surface area contributed by atoms with E-state index in [1.165, 1.54) is 18.6 Å². The van der Waals surface area contributed by atoms with E-state index in [-0.39, 0.29) is 23.4 Å². The third kappa shape index (κ3) is 5.69. The van der Waals surface area contributed by atoms with Gasteiger partial charge in [-0.05, 0) is 106 Å². The van der Waals surface area contributed by atoms with Gasteiger partial charge in [-0.2, -0.15) is 0 Å². The molecule has 1 heterocycles. The molecule has 4 nitrogen and oxygen atoms in total. The average Bonchev–Trinajstić information content (AvgIpc) is 2.82. The Morgan fingerprint density at radius 3 is 2.18 bits per heavy atom. The van der Waals surface area contributed by atoms with E-state index in [2.05, 4.69) is 10.2 Å². The second-order valence-electron chi connectivity index (χ2n) is 10.4. The van der Waals surface area contributed by atoms with Crippen molar-refractivity contribution in [3.63, 3.8) is 0 Å². The summed E-state index contributed by atoms with van der Waals surface area (Å²) >= 11 is 5.99. The second-order valence-corrected chi connectivity index (χ2v) is 10.8. The molecule has 1 saturated carbocycles. The van der Waals surface area contributed by atoms with Crippen LogP contribution >= 0.6 is 11.6 Å². The van der Waals surface area contributed by atoms with Gasteiger partial charge in [0.15, 0.2) is 5.78 Å². The van der Waals surface area contributed by atoms with Crippen LogP contribution in [0.4, 0.5) is 4.39 Å². The van der Waals surface area contributed by atoms with Crippen LogP contribution in [0, 0.1) is 23.6 Å². The summed E-state index contributed by atoms with van der Waals surface area (Å²) in [4.78, 5) is 28.1. The Labute approximate surface area is 206 Å². The minimum Gasteiger partial charge on any atom is -0.355 e. The Bertz CT molecular complexity index is 998. The molecule has 2 fully saturated rings. The monoisotopic (exact) mass is 484 g/mol. The predicted octanol–water partition coefficient (Wildman–Crippen LogP) is 5.49. The fraction of sp³-hybridized carbons (Fsp3) is 0.500. The number of nitrogens with one attached hydrogen (secondary N) is 1. The molecule has 4 rings (SSSR count). The van der Waals surface area contributed by atoms with Crippen molar-refractivity contribution in [3.05, 3.63) is 70.5 Å². The fourth-order valence-corrected chi connectivity index (χ4v) is 5.27. The number of piperidine rings is 1. The van der Waals surface area contributed by atoms with Gasteiger partial charge < -0.3 is 10.2 Å². The largest absolute Gasteiger partial charge is 0.355 e. The van der Waals surface area contributed by atoms with Gasteiger partial charge in [0.25, 0.3) is 0 Å². The van der Waals surface area contributed by atoms with Crippen molar-refractivity contribution < 1.29 is 14.0 Å². The zero-order valence-corrected chi connectivity index (χ0v) is 20.8. The molecule has 2 aromatic rings. The molecule has 1 amide bonds. The van der Waals surface area contributed by atoms with Crippen molar-refractivity contribution in [2.45, 2.75) is 44.9 Å². The summed E-state index contributed by atoms with van der Waals surface area (Å²) in [5.41, 5.74) is 0.955. The molecule has 2 aromatic carbocycles. The first-order valence-corrected chi connectivity index (χ1v) is 12.7. The van der Waals surface area contributed by atoms with Crippen LogP contribution in [0.3, 0.4) is 0 Å². The van der Waals surface area contributed by atoms with E-state index in [0.717, 1.165) is 44.5 Å². The Kier molecular flexibility index (Phi) is 7.73. The van der Waals surface area contributed by atoms with Crippen LogP contribution in [0.2, 0.25) is 5.02 Å². The van der Waals surface area contributed by atoms with E-state index in [0.29, 0.717) is 29.0 Å². The van der Waals surface area contributed by atoms with Crippen LogP contribution < -0.4 is 5.32 Å². The number of hydrogen-bond acceptors (Lipinski definition) is 3. The van der Waals surface area contributed by atoms with Gasteiger partial charge in [0.2, 0.25) is 5.91 Å². The molecule has 0 spiro atoms. The van der Waals surface area contributed by atoms with Gasteiger partial charge in [0.05, 0.1) is 5.41 Å². The lowest BCUT2D eigenvalue weighted by Gasteiger charge is -2.42. The zero-order valence-electron chi connectivity index (χ0n) is 20.0. The molecular formula is C28H34ClFN2O2. The number of benzene rings is 2. The molecule has 1 aliphatic carbocycles. The highest BCUT2D eigenvalue weighted by molar-refractivity contribution is 6.30. The quantitative estimate of drug-likeness (QED) is 0.504. The molecule has 34 heavy (non-hydrogen) atoms. The van der Waals surface area contributed by atoms with Gasteiger partial charge in [-0.1, -0.05) is 23.7 Å². The minimum atomic E-state index is -0.608. The van der Waals surface area contributed by atoms with Crippen molar-refractivity contribution >= 4 is 23.3 Å². The summed E-state index contributed by atoms with van der Waals surface area (Å²) in [6, 6.07) is 13.4. The summed E-state index contributed by atoms with van der Waals surface area (Å²) in [5.74, 6) is 0.971. The van der Waals surface area contributed by atoms with Crippen molar-refractivity contribution in [1.82, 2.24) is 10.2 Å². The third-order valence-electron chi connectivity index (χ3n) is 7.81. The van der Waals surface area contributed by atoms with Crippen molar-refractivity contribution in [3.8, 4) is 0 Å². The second kappa shape index (κ2) is 10.6. The molecule has 1 saturated heterocycles. The molecular weight excluding hydrogens is 451 g/mol. The summed E-state index contributed by atoms with van der Waals surface area (Å²) in [5, 5.41) is 3.86. The van der Waals surface area contributed by atoms with E-state index >= 15 is 0 Å². The number of carbonyl (C=O) groups is 2. The van der Waals surface area contributed by atoms with Crippen molar-refractivity contribution in [2.24, 2.45) is 17.8 Å². The number of Topliss-reactive ketones (excluding diaryl/α,β-unsaturated/α-hetero) is 1. The molecule has 182 valence electrons. The van der Waals surface area contributed by atoms with Gasteiger partial charge in [0, 0.05) is 29.6 Å². The molecule has 0 aromatic heterocycles. The smallest absolute Gasteiger partial charge is 0.230 e. The molecule has 0 radical (unpaired) electrons. The lowest BCUT2D eigenvalue weighted by Crippen LogP contribution is -2.48. The summed E-state index contributed by atoms with van der Waals surface area (Å²) in [7, 11) is 0. The van der Waals surface area contributed by atoms with Crippen LogP contribution in [0.25, 0.3) is 0 Å². The molecule has 1 N–H and O–H groups in total. The number of amides is 1. The number of rotatable bonds is 8. The van der Waals surface area contributed by atoms with Crippen molar-refractivity contribution in [1.29, 1.82) is 0 Å². The number of hydrogen-bond donors (Lipinski definition) is 1. The number of likely N-dealkylation sites (tertiary alicyclic amines) is 1. The minimum absolute atomic E-state index is 0.0216. The molecule has 6 heteroatoms. The maximum atomic E-state index is 13.1. The molecule has 1 unspecified atom stereocenters. The summed E-state index contributed by atoms with van der Waals surface area (Å²) < 4.78 is 13.1. The number of ketones is 1. The van der Waals surface area contributed by atoms with Gasteiger partial charge in [-0.3, -0.25) is 9.59 Å². The highest BCUT2D eigenvalue weighted by Gasteiger charge is 2.36. The highest BCUT2D eigenvalue weighted by Crippen LogP contribution is 2.36. The number of carbonyl (C=O) groups excluding carboxylic acids is 2. The lowest BCUT2D eigenvalue weighted by atomic mass is 9.72. The third-order valence-corrected chi connectivity index (χ3v) is 8.07. The maximum absolute atomic E-state index is 13.1. The molecule has 0 bridgehead atoms. The van der Waals surface area contributed by atoms with E-state index in [4.69, 9.17) is 11.6 Å². The maximum Gasteiger partial charge on any atom is 0.230 e. The summed E-state index contributed by atoms with van der Waals surface area (Å²) in [6.45, 7) is 7.45. The van der Waals surface area contributed by atoms with Crippen LogP contribution in [-0.2, 0) is 10.2 Å². The molecule has 1 aliphatic heterocycles. The van der Waals surface area contributed by atoms with E-state index in [9.17, 15) is 14.0 Å². The number of nitrogens with zero attached hydrogens (tertiary/aromatic N) is 1. The SMILES string of the molecule is CC(C)(C(=O)NCC1CC[C@@H]1CN1CCC(C(=O)c2ccc(F)cc2)CC1)c1ccc(Cl)cc1. The Hall–Kier alpha value is -2.24. The highest BCUT2D eigenvalue weighted by atomic mass is 35.5. The Morgan fingerprint density at radius 2 is 1.59 bits per heavy atom. The first kappa shape index (κ1) is 24.9. The Balaban J connectivity index is 1.21. The van der Waals surface area contributed by atoms with Gasteiger partial charge in [-0.15, -0.1) is 0 Å². The van der Waals surface area contributed by atoms with Gasteiger partial charge in [0.1, 0.15) is 5.82 Å². The van der Waals surface area contributed by atoms with Crippen LogP contribution in [0.5, 0.6) is 0 Å². The van der Waals surface area contributed by atoms with E-state index in [1.807, 2.05) is 38.1 Å². The van der Waals surface area contributed by atoms with Crippen LogP contribution in [0.15, 0.2) is 48.5 Å². The lowest BCUT2D eigenvalue weighted by molar-refractivity contribution is -0.126. The molecule has 2 atom stereocenters. The summed E-state index contributed by atoms with van der Waals surface area (Å²) in [6.07, 6.45) is 4.03. The van der Waals surface area contributed by atoms with E-state index < -0.39 is 5.41 Å². The first-order chi connectivity index (χ1) is 16.2. The standard InChI is InChI=1S/C28H34ClFN2O2/c1-28(2,23-7-9-24(29)10-8-23)27(34)31-17-21-3-4-22(21)18-32-15-13-20(14-16-32)26(33)19-5-11-25(30)12-6-19/h5-12,20-22H,3-4,13-18H2,1-2H3,(H,31,34)/t21?,22-/m1/s1. The van der Waals surface area contributed by atoms with Gasteiger partial charge >= 0.3 is 0 Å². The van der Waals surface area contributed by atoms with Crippen LogP contribution in [-0.4, -0.2) is 42.8 Å². The zero-order chi connectivity index (χ0) is 24.3. The average molecular weight is 485 g/mol. The van der Waals surface area contributed by atoms with E-state index in [1.54, 1.807) is 12.1 Å². The fourth-order valence-electron chi connectivity index (χ4n) is 5.15. The van der Waals surface area contributed by atoms with Crippen LogP contribution in [0.1, 0.15) is 55.5 Å². The predicted molar refractivity (Wildman–Crippen MR) is 134 cm³/mol. The van der Waals surface area contributed by atoms with Gasteiger partial charge in [-0.25, -0.2) is 4.39 Å². The topological polar surface area (TPSA) is 49.4 Å².